The molecule has 0 saturated carbocycles. The van der Waals surface area contributed by atoms with Gasteiger partial charge >= 0.3 is 0 Å². The Balaban J connectivity index is 1.89. The van der Waals surface area contributed by atoms with Crippen LogP contribution in [-0.4, -0.2) is 5.71 Å². The summed E-state index contributed by atoms with van der Waals surface area (Å²) in [4.78, 5) is 0. The summed E-state index contributed by atoms with van der Waals surface area (Å²) < 4.78 is 0.970. The first-order valence-electron chi connectivity index (χ1n) is 8.41. The van der Waals surface area contributed by atoms with Gasteiger partial charge in [-0.3, -0.25) is 5.41 Å². The first-order valence-corrected chi connectivity index (χ1v) is 9.20. The Kier molecular flexibility index (Phi) is 4.55. The molecule has 0 aromatic heterocycles. The second kappa shape index (κ2) is 7.14. The molecule has 0 aliphatic heterocycles. The summed E-state index contributed by atoms with van der Waals surface area (Å²) in [5.41, 5.74) is 4.23. The summed E-state index contributed by atoms with van der Waals surface area (Å²) in [5.74, 6) is 0. The van der Waals surface area contributed by atoms with E-state index < -0.39 is 0 Å². The van der Waals surface area contributed by atoms with E-state index in [1.807, 2.05) is 66.7 Å². The molecule has 0 unspecified atom stereocenters. The van der Waals surface area contributed by atoms with E-state index >= 15 is 0 Å². The van der Waals surface area contributed by atoms with Crippen LogP contribution in [0.3, 0.4) is 0 Å². The van der Waals surface area contributed by atoms with Crippen molar-refractivity contribution < 1.29 is 0 Å². The molecule has 0 spiro atoms. The summed E-state index contributed by atoms with van der Waals surface area (Å²) in [6.45, 7) is 0. The van der Waals surface area contributed by atoms with Gasteiger partial charge in [-0.05, 0) is 41.1 Å². The lowest BCUT2D eigenvalue weighted by atomic mass is 9.94. The lowest BCUT2D eigenvalue weighted by molar-refractivity contribution is 1.45. The van der Waals surface area contributed by atoms with E-state index in [0.29, 0.717) is 5.71 Å². The zero-order chi connectivity index (χ0) is 17.9. The molecule has 3 heteroatoms. The van der Waals surface area contributed by atoms with E-state index in [2.05, 4.69) is 45.5 Å². The minimum atomic E-state index is 0.501. The van der Waals surface area contributed by atoms with E-state index in [0.717, 1.165) is 37.7 Å². The molecule has 0 heterocycles. The minimum Gasteiger partial charge on any atom is -0.355 e. The van der Waals surface area contributed by atoms with Gasteiger partial charge in [0, 0.05) is 27.0 Å². The van der Waals surface area contributed by atoms with Crippen molar-refractivity contribution in [3.63, 3.8) is 0 Å². The summed E-state index contributed by atoms with van der Waals surface area (Å²) in [6.07, 6.45) is 0. The largest absolute Gasteiger partial charge is 0.355 e. The van der Waals surface area contributed by atoms with Crippen molar-refractivity contribution in [3.8, 4) is 0 Å². The molecule has 0 fully saturated rings. The maximum absolute atomic E-state index is 8.90. The lowest BCUT2D eigenvalue weighted by Gasteiger charge is -2.16. The van der Waals surface area contributed by atoms with Gasteiger partial charge in [0.1, 0.15) is 0 Å². The number of benzene rings is 4. The fourth-order valence-corrected chi connectivity index (χ4v) is 3.51. The third-order valence-electron chi connectivity index (χ3n) is 4.35. The zero-order valence-electron chi connectivity index (χ0n) is 14.0. The van der Waals surface area contributed by atoms with Crippen LogP contribution in [0.25, 0.3) is 10.8 Å². The number of nitrogens with one attached hydrogen (secondary N) is 2. The highest BCUT2D eigenvalue weighted by Gasteiger charge is 2.14. The van der Waals surface area contributed by atoms with E-state index in [9.17, 15) is 0 Å². The molecule has 4 aromatic rings. The van der Waals surface area contributed by atoms with Gasteiger partial charge < -0.3 is 5.32 Å². The number of anilines is 2. The minimum absolute atomic E-state index is 0.501. The third-order valence-corrected chi connectivity index (χ3v) is 4.84. The van der Waals surface area contributed by atoms with Crippen LogP contribution in [0.5, 0.6) is 0 Å². The average Bonchev–Trinajstić information content (AvgIpc) is 2.68. The van der Waals surface area contributed by atoms with Crippen LogP contribution >= 0.6 is 15.9 Å². The number of hydrogen-bond acceptors (Lipinski definition) is 2. The van der Waals surface area contributed by atoms with Gasteiger partial charge in [0.25, 0.3) is 0 Å². The van der Waals surface area contributed by atoms with Gasteiger partial charge in [0.15, 0.2) is 0 Å². The molecule has 0 aliphatic rings. The molecule has 126 valence electrons. The van der Waals surface area contributed by atoms with Crippen LogP contribution in [0.4, 0.5) is 11.4 Å². The van der Waals surface area contributed by atoms with Gasteiger partial charge in [-0.2, -0.15) is 0 Å². The average molecular weight is 401 g/mol. The Hall–Kier alpha value is -2.91. The molecule has 4 aromatic carbocycles. The summed E-state index contributed by atoms with van der Waals surface area (Å²) in [7, 11) is 0. The van der Waals surface area contributed by atoms with Crippen LogP contribution in [-0.2, 0) is 0 Å². The number of halogens is 1. The van der Waals surface area contributed by atoms with E-state index in [4.69, 9.17) is 5.41 Å². The first-order chi connectivity index (χ1) is 12.7. The Morgan fingerprint density at radius 3 is 2.35 bits per heavy atom. The summed E-state index contributed by atoms with van der Waals surface area (Å²) >= 11 is 3.51. The van der Waals surface area contributed by atoms with Crippen molar-refractivity contribution in [2.24, 2.45) is 0 Å². The highest BCUT2D eigenvalue weighted by molar-refractivity contribution is 9.10. The van der Waals surface area contributed by atoms with Crippen LogP contribution in [0.15, 0.2) is 95.5 Å². The first kappa shape index (κ1) is 16.6. The van der Waals surface area contributed by atoms with Gasteiger partial charge in [0.2, 0.25) is 0 Å². The Morgan fingerprint density at radius 2 is 1.54 bits per heavy atom. The molecule has 0 radical (unpaired) electrons. The molecular weight excluding hydrogens is 384 g/mol. The smallest absolute Gasteiger partial charge is 0.0712 e. The predicted octanol–water partition coefficient (Wildman–Crippen LogP) is 6.76. The van der Waals surface area contributed by atoms with Gasteiger partial charge in [-0.15, -0.1) is 0 Å². The molecule has 2 nitrogen and oxygen atoms in total. The predicted molar refractivity (Wildman–Crippen MR) is 114 cm³/mol. The molecule has 0 bridgehead atoms. The Morgan fingerprint density at radius 1 is 0.769 bits per heavy atom. The number of fused-ring (bicyclic) bond motifs is 1. The quantitative estimate of drug-likeness (QED) is 0.364. The number of para-hydroxylation sites is 1. The summed E-state index contributed by atoms with van der Waals surface area (Å²) in [6, 6.07) is 30.3. The van der Waals surface area contributed by atoms with Gasteiger partial charge in [-0.25, -0.2) is 0 Å². The standard InChI is InChI=1S/C23H17BrN2/c24-18-9-6-8-17(15-18)23(25)22-20-12-5-4-7-16(20)13-14-21(22)26-19-10-2-1-3-11-19/h1-15,25-26H. The molecule has 0 amide bonds. The van der Waals surface area contributed by atoms with Crippen molar-refractivity contribution in [2.75, 3.05) is 5.32 Å². The maximum Gasteiger partial charge on any atom is 0.0712 e. The van der Waals surface area contributed by atoms with E-state index in [1.165, 1.54) is 0 Å². The summed E-state index contributed by atoms with van der Waals surface area (Å²) in [5, 5.41) is 14.6. The van der Waals surface area contributed by atoms with Crippen LogP contribution in [0.1, 0.15) is 11.1 Å². The molecular formula is C23H17BrN2. The van der Waals surface area contributed by atoms with E-state index in [1.54, 1.807) is 0 Å². The van der Waals surface area contributed by atoms with Gasteiger partial charge in [0.05, 0.1) is 5.71 Å². The highest BCUT2D eigenvalue weighted by Crippen LogP contribution is 2.31. The van der Waals surface area contributed by atoms with Crippen LogP contribution in [0, 0.1) is 5.41 Å². The number of rotatable bonds is 4. The fourth-order valence-electron chi connectivity index (χ4n) is 3.11. The second-order valence-corrected chi connectivity index (χ2v) is 7.00. The van der Waals surface area contributed by atoms with Crippen molar-refractivity contribution in [1.29, 1.82) is 5.41 Å². The van der Waals surface area contributed by atoms with Crippen LogP contribution < -0.4 is 5.32 Å². The molecule has 26 heavy (non-hydrogen) atoms. The second-order valence-electron chi connectivity index (χ2n) is 6.09. The topological polar surface area (TPSA) is 35.9 Å². The van der Waals surface area contributed by atoms with Gasteiger partial charge in [-0.1, -0.05) is 76.6 Å². The third kappa shape index (κ3) is 3.26. The normalized spacial score (nSPS) is 10.7. The van der Waals surface area contributed by atoms with Crippen molar-refractivity contribution in [2.45, 2.75) is 0 Å². The van der Waals surface area contributed by atoms with Crippen molar-refractivity contribution >= 4 is 43.8 Å². The number of hydrogen-bond donors (Lipinski definition) is 2. The fraction of sp³-hybridized carbons (Fsp3) is 0. The Bertz CT molecular complexity index is 1090. The highest BCUT2D eigenvalue weighted by atomic mass is 79.9. The zero-order valence-corrected chi connectivity index (χ0v) is 15.6. The Labute approximate surface area is 161 Å². The molecule has 2 N–H and O–H groups in total. The van der Waals surface area contributed by atoms with Crippen LogP contribution in [0.2, 0.25) is 0 Å². The maximum atomic E-state index is 8.90. The molecule has 0 saturated heterocycles. The molecule has 0 aliphatic carbocycles. The monoisotopic (exact) mass is 400 g/mol. The lowest BCUT2D eigenvalue weighted by Crippen LogP contribution is -2.06. The molecule has 4 rings (SSSR count). The van der Waals surface area contributed by atoms with Crippen molar-refractivity contribution in [3.05, 3.63) is 107 Å². The SMILES string of the molecule is N=C(c1cccc(Br)c1)c1c(Nc2ccccc2)ccc2ccccc12. The molecule has 0 atom stereocenters. The van der Waals surface area contributed by atoms with Crippen molar-refractivity contribution in [1.82, 2.24) is 0 Å². The van der Waals surface area contributed by atoms with E-state index in [-0.39, 0.29) is 0 Å².